The third-order valence-corrected chi connectivity index (χ3v) is 6.70. The number of allylic oxidation sites excluding steroid dienone is 2. The fourth-order valence-corrected chi connectivity index (χ4v) is 5.11. The Labute approximate surface area is 186 Å². The molecule has 154 valence electrons. The fourth-order valence-electron chi connectivity index (χ4n) is 2.83. The molecule has 0 saturated heterocycles. The molecule has 0 aliphatic carbocycles. The molecule has 0 fully saturated rings. The minimum atomic E-state index is -0.557. The molecule has 2 N–H and O–H groups in total. The van der Waals surface area contributed by atoms with Crippen LogP contribution in [0.5, 0.6) is 0 Å². The molecular weight excluding hydrogens is 440 g/mol. The molecule has 0 spiro atoms. The third kappa shape index (κ3) is 4.99. The lowest BCUT2D eigenvalue weighted by molar-refractivity contribution is -0.138. The van der Waals surface area contributed by atoms with Crippen LogP contribution in [-0.2, 0) is 14.3 Å². The summed E-state index contributed by atoms with van der Waals surface area (Å²) in [6, 6.07) is 5.97. The predicted octanol–water partition coefficient (Wildman–Crippen LogP) is 4.00. The maximum absolute atomic E-state index is 12.7. The number of rotatable bonds is 8. The molecule has 2 aromatic heterocycles. The van der Waals surface area contributed by atoms with Crippen LogP contribution in [0.15, 0.2) is 63.6 Å². The molecule has 1 aliphatic rings. The Hall–Kier alpha value is -2.87. The van der Waals surface area contributed by atoms with E-state index >= 15 is 0 Å². The molecule has 10 heteroatoms. The van der Waals surface area contributed by atoms with E-state index in [0.29, 0.717) is 27.0 Å². The van der Waals surface area contributed by atoms with Crippen molar-refractivity contribution in [3.8, 4) is 6.07 Å². The highest BCUT2D eigenvalue weighted by atomic mass is 32.2. The lowest BCUT2D eigenvalue weighted by Gasteiger charge is -2.28. The maximum atomic E-state index is 12.7. The van der Waals surface area contributed by atoms with E-state index < -0.39 is 11.9 Å². The number of dihydropyridines is 1. The smallest absolute Gasteiger partial charge is 0.337 e. The van der Waals surface area contributed by atoms with Crippen molar-refractivity contribution in [1.82, 2.24) is 10.3 Å². The first-order valence-corrected chi connectivity index (χ1v) is 11.5. The number of carbonyl (C=O) groups is 2. The fraction of sp³-hybridized carbons (Fsp3) is 0.200. The van der Waals surface area contributed by atoms with E-state index in [-0.39, 0.29) is 18.3 Å². The second-order valence-electron chi connectivity index (χ2n) is 6.03. The summed E-state index contributed by atoms with van der Waals surface area (Å²) in [4.78, 5) is 29.8. The molecule has 0 saturated carbocycles. The minimum Gasteiger partial charge on any atom is -0.458 e. The van der Waals surface area contributed by atoms with Gasteiger partial charge in [-0.15, -0.1) is 22.7 Å². The summed E-state index contributed by atoms with van der Waals surface area (Å²) in [6.45, 7) is 5.40. The van der Waals surface area contributed by atoms with Gasteiger partial charge < -0.3 is 15.4 Å². The molecule has 0 radical (unpaired) electrons. The zero-order valence-corrected chi connectivity index (χ0v) is 18.5. The van der Waals surface area contributed by atoms with E-state index in [2.05, 4.69) is 28.3 Å². The Morgan fingerprint density at radius 2 is 2.30 bits per heavy atom. The van der Waals surface area contributed by atoms with Gasteiger partial charge in [-0.1, -0.05) is 30.5 Å². The van der Waals surface area contributed by atoms with Gasteiger partial charge in [-0.25, -0.2) is 9.78 Å². The molecule has 0 aromatic carbocycles. The lowest BCUT2D eigenvalue weighted by Crippen LogP contribution is -2.29. The first-order chi connectivity index (χ1) is 14.5. The van der Waals surface area contributed by atoms with Gasteiger partial charge in [0.25, 0.3) is 0 Å². The van der Waals surface area contributed by atoms with E-state index in [1.165, 1.54) is 40.5 Å². The molecular formula is C20H18N4O3S3. The van der Waals surface area contributed by atoms with E-state index in [0.717, 1.165) is 4.88 Å². The Morgan fingerprint density at radius 3 is 2.93 bits per heavy atom. The zero-order chi connectivity index (χ0) is 21.5. The molecule has 0 unspecified atom stereocenters. The van der Waals surface area contributed by atoms with Crippen molar-refractivity contribution < 1.29 is 14.3 Å². The number of carbonyl (C=O) groups excluding carboxylic acids is 2. The average Bonchev–Trinajstić information content (AvgIpc) is 3.44. The van der Waals surface area contributed by atoms with Crippen LogP contribution in [0.2, 0.25) is 0 Å². The van der Waals surface area contributed by atoms with Gasteiger partial charge in [-0.05, 0) is 18.4 Å². The Morgan fingerprint density at radius 1 is 1.47 bits per heavy atom. The summed E-state index contributed by atoms with van der Waals surface area (Å²) in [7, 11) is 0. The van der Waals surface area contributed by atoms with E-state index in [1.54, 1.807) is 18.5 Å². The number of ether oxygens (including phenoxy) is 1. The number of thioether (sulfide) groups is 1. The number of nitrogens with zero attached hydrogens (tertiary/aromatic N) is 2. The Bertz CT molecular complexity index is 1030. The maximum Gasteiger partial charge on any atom is 0.337 e. The van der Waals surface area contributed by atoms with Gasteiger partial charge in [0, 0.05) is 22.2 Å². The quantitative estimate of drug-likeness (QED) is 0.455. The number of thiazole rings is 1. The summed E-state index contributed by atoms with van der Waals surface area (Å²) >= 11 is 3.99. The normalized spacial score (nSPS) is 15.9. The number of hydrogen-bond donors (Lipinski definition) is 2. The molecule has 0 bridgehead atoms. The van der Waals surface area contributed by atoms with Crippen molar-refractivity contribution >= 4 is 51.4 Å². The van der Waals surface area contributed by atoms with Crippen LogP contribution in [0.3, 0.4) is 0 Å². The minimum absolute atomic E-state index is 0.0803. The van der Waals surface area contributed by atoms with E-state index in [1.807, 2.05) is 17.5 Å². The second kappa shape index (κ2) is 10.2. The number of esters is 1. The molecule has 3 heterocycles. The first kappa shape index (κ1) is 21.8. The highest BCUT2D eigenvalue weighted by Crippen LogP contribution is 2.42. The highest BCUT2D eigenvalue weighted by molar-refractivity contribution is 8.03. The number of hydrogen-bond acceptors (Lipinski definition) is 9. The highest BCUT2D eigenvalue weighted by Gasteiger charge is 2.36. The Balaban J connectivity index is 1.86. The third-order valence-electron chi connectivity index (χ3n) is 4.05. The van der Waals surface area contributed by atoms with Crippen molar-refractivity contribution in [3.05, 3.63) is 68.5 Å². The number of anilines is 1. The van der Waals surface area contributed by atoms with Crippen LogP contribution in [0.4, 0.5) is 5.13 Å². The first-order valence-electron chi connectivity index (χ1n) is 8.80. The van der Waals surface area contributed by atoms with Crippen molar-refractivity contribution in [1.29, 1.82) is 5.26 Å². The SMILES string of the molecule is C=CCOC(=O)C1=C(C)NC(SCC(=O)Nc2nccs2)=C(C#N)[C@H]1c1cccs1. The van der Waals surface area contributed by atoms with Crippen LogP contribution in [0, 0.1) is 11.3 Å². The molecule has 1 amide bonds. The summed E-state index contributed by atoms with van der Waals surface area (Å²) in [6.07, 6.45) is 3.10. The van der Waals surface area contributed by atoms with Crippen molar-refractivity contribution in [2.45, 2.75) is 12.8 Å². The lowest BCUT2D eigenvalue weighted by atomic mass is 9.87. The van der Waals surface area contributed by atoms with Gasteiger partial charge in [0.15, 0.2) is 5.13 Å². The van der Waals surface area contributed by atoms with Gasteiger partial charge in [0.2, 0.25) is 5.91 Å². The standard InChI is InChI=1S/C20H18N4O3S3/c1-3-7-27-19(26)16-12(2)23-18(13(10-21)17(16)14-5-4-8-28-14)30-11-15(25)24-20-22-6-9-29-20/h3-6,8-9,17,23H,1,7,11H2,2H3,(H,22,24,25)/t17-/m0/s1. The van der Waals surface area contributed by atoms with Gasteiger partial charge in [-0.2, -0.15) is 5.26 Å². The van der Waals surface area contributed by atoms with Crippen molar-refractivity contribution in [2.75, 3.05) is 17.7 Å². The van der Waals surface area contributed by atoms with Crippen LogP contribution in [-0.4, -0.2) is 29.2 Å². The summed E-state index contributed by atoms with van der Waals surface area (Å²) in [5.41, 5.74) is 1.34. The molecule has 1 aliphatic heterocycles. The molecule has 1 atom stereocenters. The molecule has 2 aromatic rings. The second-order valence-corrected chi connectivity index (χ2v) is 8.89. The monoisotopic (exact) mass is 458 g/mol. The Kier molecular flexibility index (Phi) is 7.46. The molecule has 7 nitrogen and oxygen atoms in total. The van der Waals surface area contributed by atoms with Gasteiger partial charge in [0.05, 0.1) is 33.9 Å². The largest absolute Gasteiger partial charge is 0.458 e. The number of nitriles is 1. The van der Waals surface area contributed by atoms with E-state index in [4.69, 9.17) is 4.74 Å². The number of aromatic nitrogens is 1. The number of thiophene rings is 1. The molecule has 3 rings (SSSR count). The number of amides is 1. The topological polar surface area (TPSA) is 104 Å². The molecule has 30 heavy (non-hydrogen) atoms. The van der Waals surface area contributed by atoms with Crippen LogP contribution >= 0.6 is 34.4 Å². The van der Waals surface area contributed by atoms with Gasteiger partial charge in [-0.3, -0.25) is 4.79 Å². The summed E-state index contributed by atoms with van der Waals surface area (Å²) < 4.78 is 5.26. The van der Waals surface area contributed by atoms with Crippen LogP contribution < -0.4 is 10.6 Å². The van der Waals surface area contributed by atoms with Crippen LogP contribution in [0.1, 0.15) is 17.7 Å². The van der Waals surface area contributed by atoms with Crippen molar-refractivity contribution in [3.63, 3.8) is 0 Å². The van der Waals surface area contributed by atoms with Gasteiger partial charge >= 0.3 is 5.97 Å². The predicted molar refractivity (Wildman–Crippen MR) is 120 cm³/mol. The number of nitrogens with one attached hydrogen (secondary N) is 2. The van der Waals surface area contributed by atoms with Crippen molar-refractivity contribution in [2.24, 2.45) is 0 Å². The summed E-state index contributed by atoms with van der Waals surface area (Å²) in [5.74, 6) is -1.20. The summed E-state index contributed by atoms with van der Waals surface area (Å²) in [5, 5.41) is 20.5. The van der Waals surface area contributed by atoms with Gasteiger partial charge in [0.1, 0.15) is 6.61 Å². The van der Waals surface area contributed by atoms with Crippen LogP contribution in [0.25, 0.3) is 0 Å². The van der Waals surface area contributed by atoms with E-state index in [9.17, 15) is 14.9 Å². The zero-order valence-electron chi connectivity index (χ0n) is 16.0. The average molecular weight is 459 g/mol.